The van der Waals surface area contributed by atoms with E-state index in [2.05, 4.69) is 18.0 Å². The Kier molecular flexibility index (Phi) is 7.74. The van der Waals surface area contributed by atoms with Crippen LogP contribution in [0.3, 0.4) is 0 Å². The third-order valence-electron chi connectivity index (χ3n) is 3.34. The summed E-state index contributed by atoms with van der Waals surface area (Å²) in [5.41, 5.74) is 3.26. The Hall–Kier alpha value is -1.38. The summed E-state index contributed by atoms with van der Waals surface area (Å²) in [6, 6.07) is 6.88. The van der Waals surface area contributed by atoms with Crippen molar-refractivity contribution in [3.63, 3.8) is 0 Å². The molecule has 3 N–H and O–H groups in total. The van der Waals surface area contributed by atoms with Gasteiger partial charge in [-0.15, -0.1) is 0 Å². The van der Waals surface area contributed by atoms with Gasteiger partial charge >= 0.3 is 129 Å². The van der Waals surface area contributed by atoms with Crippen molar-refractivity contribution in [2.75, 3.05) is 13.2 Å². The van der Waals surface area contributed by atoms with Gasteiger partial charge in [-0.2, -0.15) is 0 Å². The summed E-state index contributed by atoms with van der Waals surface area (Å²) >= 11 is 0.411. The van der Waals surface area contributed by atoms with E-state index >= 15 is 0 Å². The third-order valence-corrected chi connectivity index (χ3v) is 7.83. The van der Waals surface area contributed by atoms with Crippen molar-refractivity contribution in [3.05, 3.63) is 48.1 Å². The normalized spacial score (nSPS) is 12.8. The van der Waals surface area contributed by atoms with Crippen LogP contribution in [0.15, 0.2) is 53.0 Å². The average Bonchev–Trinajstić information content (AvgIpc) is 3.13. The molecule has 2 amide bonds. The van der Waals surface area contributed by atoms with E-state index in [-0.39, 0.29) is 5.91 Å². The van der Waals surface area contributed by atoms with E-state index < -0.39 is 28.1 Å². The number of carbonyl (C=O) groups is 2. The van der Waals surface area contributed by atoms with E-state index in [0.29, 0.717) is 29.4 Å². The molecule has 24 heavy (non-hydrogen) atoms. The number of hydroxylamine groups is 1. The summed E-state index contributed by atoms with van der Waals surface area (Å²) in [7, 11) is 0. The zero-order chi connectivity index (χ0) is 17.4. The molecular formula is C16H18InN2O4S. The summed E-state index contributed by atoms with van der Waals surface area (Å²) in [6.45, 7) is 4.62. The Balaban J connectivity index is 1.69. The van der Waals surface area contributed by atoms with E-state index in [1.165, 1.54) is 4.18 Å². The first-order chi connectivity index (χ1) is 11.6. The first kappa shape index (κ1) is 19.0. The molecule has 1 aliphatic rings. The number of hydrogen-bond donors (Lipinski definition) is 3. The minimum atomic E-state index is -0.548. The zero-order valence-electron chi connectivity index (χ0n) is 13.1. The molecule has 0 aliphatic carbocycles. The fraction of sp³-hybridized carbons (Fsp3) is 0.250. The van der Waals surface area contributed by atoms with Crippen LogP contribution >= 0.6 is 11.8 Å². The third kappa shape index (κ3) is 5.92. The van der Waals surface area contributed by atoms with E-state index in [4.69, 9.17) is 9.94 Å². The van der Waals surface area contributed by atoms with Gasteiger partial charge in [-0.05, 0) is 11.8 Å². The van der Waals surface area contributed by atoms with Crippen molar-refractivity contribution in [1.29, 1.82) is 0 Å². The summed E-state index contributed by atoms with van der Waals surface area (Å²) in [4.78, 5) is 23.7. The van der Waals surface area contributed by atoms with Crippen LogP contribution < -0.4 is 15.5 Å². The standard InChI is InChI=1S/C16H18N2O4S.In/c1-4-11(2)12(3)15(19)17-9-10-22-13-5-7-14(8-6-13)23-16(20)18-21;/h4-8,21H,1-3,9-10H2,(H,17,19)(H,18,20);. The number of ether oxygens (including phenoxy) is 1. The molecule has 125 valence electrons. The molecule has 0 fully saturated rings. The molecule has 1 heterocycles. The predicted octanol–water partition coefficient (Wildman–Crippen LogP) is 2.41. The van der Waals surface area contributed by atoms with Crippen LogP contribution in [-0.2, 0) is 4.79 Å². The van der Waals surface area contributed by atoms with Crippen LogP contribution in [0.1, 0.15) is 0 Å². The Labute approximate surface area is 156 Å². The topological polar surface area (TPSA) is 87.7 Å². The molecule has 1 radical (unpaired) electrons. The number of benzene rings is 1. The molecule has 0 unspecified atom stereocenters. The number of thioether (sulfide) groups is 1. The monoisotopic (exact) mass is 449 g/mol. The minimum absolute atomic E-state index is 0.128. The molecule has 1 aromatic carbocycles. The van der Waals surface area contributed by atoms with Crippen molar-refractivity contribution in [1.82, 2.24) is 10.8 Å². The first-order valence-corrected chi connectivity index (χ1v) is 12.9. The van der Waals surface area contributed by atoms with Crippen LogP contribution in [-0.4, -0.2) is 52.4 Å². The maximum atomic E-state index is 12.0. The Morgan fingerprint density at radius 2 is 2.08 bits per heavy atom. The number of nitrogens with one attached hydrogen (secondary N) is 2. The van der Waals surface area contributed by atoms with E-state index in [1.807, 2.05) is 0 Å². The molecule has 0 saturated heterocycles. The predicted molar refractivity (Wildman–Crippen MR) is 93.7 cm³/mol. The van der Waals surface area contributed by atoms with E-state index in [0.717, 1.165) is 21.5 Å². The number of hydrogen-bond acceptors (Lipinski definition) is 5. The molecule has 0 bridgehead atoms. The second kappa shape index (κ2) is 9.80. The quantitative estimate of drug-likeness (QED) is 0.196. The maximum absolute atomic E-state index is 12.0. The summed E-state index contributed by atoms with van der Waals surface area (Å²) in [6.07, 6.45) is 2.15. The van der Waals surface area contributed by atoms with Crippen molar-refractivity contribution in [3.8, 4) is 5.75 Å². The first-order valence-electron chi connectivity index (χ1n) is 7.43. The molecule has 1 aromatic rings. The molecule has 1 aliphatic heterocycles. The summed E-state index contributed by atoms with van der Waals surface area (Å²) < 4.78 is 7.85. The van der Waals surface area contributed by atoms with Gasteiger partial charge in [-0.1, -0.05) is 0 Å². The fourth-order valence-electron chi connectivity index (χ4n) is 2.11. The number of amides is 2. The molecule has 6 nitrogen and oxygen atoms in total. The van der Waals surface area contributed by atoms with Gasteiger partial charge < -0.3 is 0 Å². The van der Waals surface area contributed by atoms with Gasteiger partial charge in [0.05, 0.1) is 0 Å². The number of rotatable bonds is 7. The SMILES string of the molecule is C=C(C(=O)NCCOc1ccc(SC(=O)NO)cc1)C1=C[CH2][In][CH2]1. The van der Waals surface area contributed by atoms with Crippen LogP contribution in [0.5, 0.6) is 5.75 Å². The molecular weight excluding hydrogens is 431 g/mol. The molecule has 0 spiro atoms. The summed E-state index contributed by atoms with van der Waals surface area (Å²) in [5, 5.41) is 10.7. The zero-order valence-corrected chi connectivity index (χ0v) is 17.2. The van der Waals surface area contributed by atoms with Crippen molar-refractivity contribution in [2.45, 2.75) is 13.3 Å². The second-order valence-corrected chi connectivity index (χ2v) is 10.2. The van der Waals surface area contributed by atoms with Crippen LogP contribution in [0.4, 0.5) is 4.79 Å². The van der Waals surface area contributed by atoms with E-state index in [9.17, 15) is 9.59 Å². The summed E-state index contributed by atoms with van der Waals surface area (Å²) in [5.74, 6) is 0.514. The Morgan fingerprint density at radius 1 is 1.33 bits per heavy atom. The molecule has 0 saturated carbocycles. The van der Waals surface area contributed by atoms with Crippen LogP contribution in [0.2, 0.25) is 8.35 Å². The number of carbonyl (C=O) groups excluding carboxylic acids is 2. The number of allylic oxidation sites excluding steroid dienone is 1. The van der Waals surface area contributed by atoms with Crippen LogP contribution in [0, 0.1) is 0 Å². The van der Waals surface area contributed by atoms with Gasteiger partial charge in [0, 0.05) is 0 Å². The molecule has 0 atom stereocenters. The second-order valence-electron chi connectivity index (χ2n) is 5.01. The van der Waals surface area contributed by atoms with Gasteiger partial charge in [0.15, 0.2) is 0 Å². The van der Waals surface area contributed by atoms with Crippen molar-refractivity contribution < 1.29 is 19.5 Å². The Morgan fingerprint density at radius 3 is 2.71 bits per heavy atom. The molecule has 8 heteroatoms. The Bertz CT molecular complexity index is 646. The molecule has 2 rings (SSSR count). The van der Waals surface area contributed by atoms with Gasteiger partial charge in [0.2, 0.25) is 0 Å². The van der Waals surface area contributed by atoms with Gasteiger partial charge in [0.1, 0.15) is 0 Å². The average molecular weight is 449 g/mol. The van der Waals surface area contributed by atoms with Crippen molar-refractivity contribution in [2.24, 2.45) is 0 Å². The van der Waals surface area contributed by atoms with Gasteiger partial charge in [0.25, 0.3) is 0 Å². The van der Waals surface area contributed by atoms with Gasteiger partial charge in [-0.25, -0.2) is 5.48 Å². The molecule has 0 aromatic heterocycles. The van der Waals surface area contributed by atoms with E-state index in [1.54, 1.807) is 29.7 Å². The van der Waals surface area contributed by atoms with Gasteiger partial charge in [-0.3, -0.25) is 10.0 Å². The van der Waals surface area contributed by atoms with Crippen molar-refractivity contribution >= 4 is 45.8 Å². The van der Waals surface area contributed by atoms with Crippen LogP contribution in [0.25, 0.3) is 0 Å². The fourth-order valence-corrected chi connectivity index (χ4v) is 6.48.